The van der Waals surface area contributed by atoms with Crippen molar-refractivity contribution in [1.29, 1.82) is 0 Å². The number of hydrogen-bond donors (Lipinski definition) is 0. The fourth-order valence-electron chi connectivity index (χ4n) is 1.35. The predicted molar refractivity (Wildman–Crippen MR) is 84.2 cm³/mol. The average molecular weight is 409 g/mol. The predicted octanol–water partition coefficient (Wildman–Crippen LogP) is 4.19. The van der Waals surface area contributed by atoms with Crippen molar-refractivity contribution in [3.8, 4) is 0 Å². The van der Waals surface area contributed by atoms with E-state index in [1.165, 1.54) is 16.7 Å². The quantitative estimate of drug-likeness (QED) is 0.426. The Balaban J connectivity index is 2.27. The third-order valence-electron chi connectivity index (χ3n) is 2.12. The van der Waals surface area contributed by atoms with Crippen molar-refractivity contribution in [3.63, 3.8) is 0 Å². The van der Waals surface area contributed by atoms with Crippen LogP contribution in [0.15, 0.2) is 37.2 Å². The lowest BCUT2D eigenvalue weighted by molar-refractivity contribution is -0.121. The summed E-state index contributed by atoms with van der Waals surface area (Å²) in [6.07, 6.45) is 3.33. The first-order chi connectivity index (χ1) is 8.52. The molecular formula is C11H7Br2NO2S2. The summed E-state index contributed by atoms with van der Waals surface area (Å²) in [7, 11) is 0. The molecule has 1 aliphatic rings. The number of nitrogens with zero attached hydrogens (tertiary/aromatic N) is 1. The Labute approximate surface area is 131 Å². The van der Waals surface area contributed by atoms with Crippen LogP contribution in [0.2, 0.25) is 0 Å². The van der Waals surface area contributed by atoms with E-state index in [1.54, 1.807) is 18.2 Å². The molecule has 1 aromatic rings. The molecule has 0 atom stereocenters. The standard InChI is InChI=1S/C11H7Br2NO2S2/c1-2-3-14-10(15)8(18-11(14)17)5-6-4-7(12)9(13)16-6/h2,4-5H,1,3H2/b8-5-. The molecule has 1 amide bonds. The Morgan fingerprint density at radius 1 is 1.56 bits per heavy atom. The molecule has 0 unspecified atom stereocenters. The van der Waals surface area contributed by atoms with E-state index in [9.17, 15) is 4.79 Å². The molecule has 1 aromatic heterocycles. The number of halogens is 2. The normalized spacial score (nSPS) is 17.9. The van der Waals surface area contributed by atoms with Gasteiger partial charge in [-0.25, -0.2) is 0 Å². The van der Waals surface area contributed by atoms with E-state index in [4.69, 9.17) is 16.6 Å². The topological polar surface area (TPSA) is 33.5 Å². The first-order valence-electron chi connectivity index (χ1n) is 4.84. The highest BCUT2D eigenvalue weighted by Gasteiger charge is 2.31. The van der Waals surface area contributed by atoms with Crippen LogP contribution in [0.4, 0.5) is 0 Å². The van der Waals surface area contributed by atoms with Gasteiger partial charge in [-0.05, 0) is 37.9 Å². The van der Waals surface area contributed by atoms with Crippen molar-refractivity contribution in [2.75, 3.05) is 6.54 Å². The second kappa shape index (κ2) is 5.73. The molecule has 7 heteroatoms. The summed E-state index contributed by atoms with van der Waals surface area (Å²) < 4.78 is 7.33. The van der Waals surface area contributed by atoms with E-state index in [2.05, 4.69) is 38.4 Å². The summed E-state index contributed by atoms with van der Waals surface area (Å²) in [4.78, 5) is 14.1. The fourth-order valence-corrected chi connectivity index (χ4v) is 3.21. The van der Waals surface area contributed by atoms with Gasteiger partial charge < -0.3 is 4.42 Å². The Bertz CT molecular complexity index is 546. The molecule has 2 heterocycles. The van der Waals surface area contributed by atoms with Gasteiger partial charge in [0.1, 0.15) is 10.1 Å². The van der Waals surface area contributed by atoms with Crippen LogP contribution in [-0.4, -0.2) is 21.7 Å². The Hall–Kier alpha value is -0.370. The third-order valence-corrected chi connectivity index (χ3v) is 5.21. The van der Waals surface area contributed by atoms with Crippen molar-refractivity contribution in [2.45, 2.75) is 0 Å². The number of hydrogen-bond acceptors (Lipinski definition) is 4. The van der Waals surface area contributed by atoms with Crippen LogP contribution in [0, 0.1) is 0 Å². The SMILES string of the molecule is C=CCN1C(=O)/C(=C/c2cc(Br)c(Br)o2)SC1=S. The largest absolute Gasteiger partial charge is 0.449 e. The van der Waals surface area contributed by atoms with Crippen molar-refractivity contribution in [1.82, 2.24) is 4.90 Å². The van der Waals surface area contributed by atoms with Crippen LogP contribution in [0.3, 0.4) is 0 Å². The van der Waals surface area contributed by atoms with Gasteiger partial charge in [-0.3, -0.25) is 9.69 Å². The summed E-state index contributed by atoms with van der Waals surface area (Å²) in [6, 6.07) is 1.78. The zero-order valence-corrected chi connectivity index (χ0v) is 13.8. The maximum atomic E-state index is 12.0. The van der Waals surface area contributed by atoms with Gasteiger partial charge in [-0.2, -0.15) is 0 Å². The highest BCUT2D eigenvalue weighted by atomic mass is 79.9. The molecule has 3 nitrogen and oxygen atoms in total. The molecule has 0 radical (unpaired) electrons. The highest BCUT2D eigenvalue weighted by Crippen LogP contribution is 2.34. The van der Waals surface area contributed by atoms with E-state index in [1.807, 2.05) is 0 Å². The van der Waals surface area contributed by atoms with E-state index in [0.717, 1.165) is 4.47 Å². The second-order valence-electron chi connectivity index (χ2n) is 3.35. The lowest BCUT2D eigenvalue weighted by Crippen LogP contribution is -2.27. The number of thiocarbonyl (C=S) groups is 1. The zero-order chi connectivity index (χ0) is 13.3. The summed E-state index contributed by atoms with van der Waals surface area (Å²) in [5, 5.41) is 0. The average Bonchev–Trinajstić information content (AvgIpc) is 2.75. The molecule has 0 spiro atoms. The van der Waals surface area contributed by atoms with Gasteiger partial charge in [-0.1, -0.05) is 30.1 Å². The van der Waals surface area contributed by atoms with Gasteiger partial charge in [0.25, 0.3) is 5.91 Å². The summed E-state index contributed by atoms with van der Waals surface area (Å²) >= 11 is 13.0. The van der Waals surface area contributed by atoms with Crippen LogP contribution in [0.5, 0.6) is 0 Å². The van der Waals surface area contributed by atoms with Crippen molar-refractivity contribution in [2.24, 2.45) is 0 Å². The van der Waals surface area contributed by atoms with Gasteiger partial charge in [-0.15, -0.1) is 6.58 Å². The maximum Gasteiger partial charge on any atom is 0.266 e. The van der Waals surface area contributed by atoms with E-state index in [0.29, 0.717) is 26.2 Å². The third kappa shape index (κ3) is 2.79. The number of rotatable bonds is 3. The first kappa shape index (κ1) is 14.0. The van der Waals surface area contributed by atoms with Crippen LogP contribution in [0.25, 0.3) is 6.08 Å². The Morgan fingerprint density at radius 2 is 2.28 bits per heavy atom. The monoisotopic (exact) mass is 407 g/mol. The number of carbonyl (C=O) groups excluding carboxylic acids is 1. The molecule has 94 valence electrons. The van der Waals surface area contributed by atoms with E-state index in [-0.39, 0.29) is 5.91 Å². The van der Waals surface area contributed by atoms with Crippen molar-refractivity contribution in [3.05, 3.63) is 38.5 Å². The fraction of sp³-hybridized carbons (Fsp3) is 0.0909. The summed E-state index contributed by atoms with van der Waals surface area (Å²) in [5.74, 6) is 0.474. The minimum absolute atomic E-state index is 0.117. The molecule has 0 aromatic carbocycles. The lowest BCUT2D eigenvalue weighted by Gasteiger charge is -2.10. The summed E-state index contributed by atoms with van der Waals surface area (Å²) in [6.45, 7) is 4.03. The van der Waals surface area contributed by atoms with Gasteiger partial charge in [0.15, 0.2) is 4.67 Å². The van der Waals surface area contributed by atoms with Gasteiger partial charge in [0.2, 0.25) is 0 Å². The minimum atomic E-state index is -0.117. The van der Waals surface area contributed by atoms with Crippen molar-refractivity contribution < 1.29 is 9.21 Å². The molecule has 1 aliphatic heterocycles. The Morgan fingerprint density at radius 3 is 2.83 bits per heavy atom. The van der Waals surface area contributed by atoms with Crippen LogP contribution in [-0.2, 0) is 4.79 Å². The van der Waals surface area contributed by atoms with Crippen LogP contribution in [0.1, 0.15) is 5.76 Å². The number of thioether (sulfide) groups is 1. The highest BCUT2D eigenvalue weighted by molar-refractivity contribution is 9.13. The molecular weight excluding hydrogens is 402 g/mol. The molecule has 0 saturated carbocycles. The molecule has 1 fully saturated rings. The molecule has 0 N–H and O–H groups in total. The van der Waals surface area contributed by atoms with E-state index < -0.39 is 0 Å². The van der Waals surface area contributed by atoms with E-state index >= 15 is 0 Å². The van der Waals surface area contributed by atoms with Gasteiger partial charge in [0, 0.05) is 12.6 Å². The molecule has 1 saturated heterocycles. The number of carbonyl (C=O) groups is 1. The maximum absolute atomic E-state index is 12.0. The number of amides is 1. The van der Waals surface area contributed by atoms with Crippen molar-refractivity contribution >= 4 is 72.1 Å². The lowest BCUT2D eigenvalue weighted by atomic mass is 10.3. The minimum Gasteiger partial charge on any atom is -0.449 e. The molecule has 0 aliphatic carbocycles. The zero-order valence-electron chi connectivity index (χ0n) is 8.98. The molecule has 2 rings (SSSR count). The van der Waals surface area contributed by atoms with Crippen LogP contribution < -0.4 is 0 Å². The number of furan rings is 1. The summed E-state index contributed by atoms with van der Waals surface area (Å²) in [5.41, 5.74) is 0. The van der Waals surface area contributed by atoms with Gasteiger partial charge in [0.05, 0.1) is 9.38 Å². The first-order valence-corrected chi connectivity index (χ1v) is 7.65. The Kier molecular flexibility index (Phi) is 4.47. The van der Waals surface area contributed by atoms with Crippen LogP contribution >= 0.6 is 55.8 Å². The smallest absolute Gasteiger partial charge is 0.266 e. The molecule has 0 bridgehead atoms. The molecule has 18 heavy (non-hydrogen) atoms. The van der Waals surface area contributed by atoms with Gasteiger partial charge >= 0.3 is 0 Å². The second-order valence-corrected chi connectivity index (χ2v) is 6.60.